The van der Waals surface area contributed by atoms with Crippen LogP contribution in [0, 0.1) is 0 Å². The maximum Gasteiger partial charge on any atom is 0.242 e. The predicted octanol–water partition coefficient (Wildman–Crippen LogP) is 2.72. The first-order valence-corrected chi connectivity index (χ1v) is 12.3. The third kappa shape index (κ3) is 8.68. The summed E-state index contributed by atoms with van der Waals surface area (Å²) in [6, 6.07) is 26.0. The van der Waals surface area contributed by atoms with Crippen LogP contribution in [0.1, 0.15) is 35.4 Å². The van der Waals surface area contributed by atoms with Gasteiger partial charge in [0.1, 0.15) is 11.8 Å². The maximum absolute atomic E-state index is 13.6. The molecule has 0 aliphatic carbocycles. The van der Waals surface area contributed by atoms with Gasteiger partial charge >= 0.3 is 0 Å². The van der Waals surface area contributed by atoms with Gasteiger partial charge in [-0.2, -0.15) is 0 Å². The Morgan fingerprint density at radius 1 is 0.892 bits per heavy atom. The lowest BCUT2D eigenvalue weighted by Gasteiger charge is -2.23. The van der Waals surface area contributed by atoms with Crippen molar-refractivity contribution in [2.24, 2.45) is 16.5 Å². The van der Waals surface area contributed by atoms with Gasteiger partial charge in [0.25, 0.3) is 0 Å². The van der Waals surface area contributed by atoms with Crippen LogP contribution in [0.3, 0.4) is 0 Å². The SMILES string of the molecule is COc1cccc(CCNC(=O)[C@H](CCCN=C(N)N)NC(=O)C(c2ccccc2)c2ccccc2)c1. The molecule has 0 aliphatic rings. The lowest BCUT2D eigenvalue weighted by molar-refractivity contribution is -0.129. The maximum atomic E-state index is 13.6. The monoisotopic (exact) mass is 501 g/mol. The van der Waals surface area contributed by atoms with E-state index in [0.717, 1.165) is 22.4 Å². The zero-order valence-corrected chi connectivity index (χ0v) is 21.1. The van der Waals surface area contributed by atoms with Crippen molar-refractivity contribution >= 4 is 17.8 Å². The summed E-state index contributed by atoms with van der Waals surface area (Å²) in [6.45, 7) is 0.791. The van der Waals surface area contributed by atoms with Crippen LogP contribution in [0.25, 0.3) is 0 Å². The van der Waals surface area contributed by atoms with Crippen LogP contribution in [-0.4, -0.2) is 44.0 Å². The molecule has 0 saturated carbocycles. The number of ether oxygens (including phenoxy) is 1. The minimum Gasteiger partial charge on any atom is -0.497 e. The van der Waals surface area contributed by atoms with E-state index in [1.807, 2.05) is 84.9 Å². The Hall–Kier alpha value is -4.33. The molecule has 0 spiro atoms. The Morgan fingerprint density at radius 3 is 2.14 bits per heavy atom. The summed E-state index contributed by atoms with van der Waals surface area (Å²) < 4.78 is 5.27. The Bertz CT molecular complexity index is 1120. The average molecular weight is 502 g/mol. The van der Waals surface area contributed by atoms with Gasteiger partial charge in [0.05, 0.1) is 13.0 Å². The van der Waals surface area contributed by atoms with Gasteiger partial charge in [-0.3, -0.25) is 14.6 Å². The van der Waals surface area contributed by atoms with E-state index in [1.54, 1.807) is 7.11 Å². The zero-order valence-electron chi connectivity index (χ0n) is 21.1. The standard InChI is InChI=1S/C29H35N5O3/c1-37-24-15-8-10-21(20-24)17-19-32-27(35)25(16-9-18-33-29(30)31)34-28(36)26(22-11-4-2-5-12-22)23-13-6-3-7-14-23/h2-8,10-15,20,25-26H,9,16-19H2,1H3,(H,32,35)(H,34,36)(H4,30,31,33)/t25-/m0/s1. The van der Waals surface area contributed by atoms with Crippen LogP contribution < -0.4 is 26.8 Å². The van der Waals surface area contributed by atoms with Gasteiger partial charge in [-0.15, -0.1) is 0 Å². The number of nitrogens with two attached hydrogens (primary N) is 2. The minimum atomic E-state index is -0.734. The highest BCUT2D eigenvalue weighted by Crippen LogP contribution is 2.25. The molecule has 0 bridgehead atoms. The molecule has 37 heavy (non-hydrogen) atoms. The summed E-state index contributed by atoms with van der Waals surface area (Å²) in [4.78, 5) is 30.8. The largest absolute Gasteiger partial charge is 0.497 e. The molecule has 6 N–H and O–H groups in total. The fraction of sp³-hybridized carbons (Fsp3) is 0.276. The minimum absolute atomic E-state index is 0.00320. The summed E-state index contributed by atoms with van der Waals surface area (Å²) in [6.07, 6.45) is 1.56. The van der Waals surface area contributed by atoms with Gasteiger partial charge in [0, 0.05) is 13.1 Å². The Labute approximate surface area is 218 Å². The van der Waals surface area contributed by atoms with Crippen molar-refractivity contribution in [2.75, 3.05) is 20.2 Å². The van der Waals surface area contributed by atoms with Crippen LogP contribution >= 0.6 is 0 Å². The van der Waals surface area contributed by atoms with E-state index in [0.29, 0.717) is 32.4 Å². The number of aliphatic imine (C=N–C) groups is 1. The number of nitrogens with zero attached hydrogens (tertiary/aromatic N) is 1. The van der Waals surface area contributed by atoms with Gasteiger partial charge in [-0.25, -0.2) is 0 Å². The number of rotatable bonds is 13. The molecule has 0 saturated heterocycles. The molecule has 0 heterocycles. The smallest absolute Gasteiger partial charge is 0.242 e. The third-order valence-corrected chi connectivity index (χ3v) is 5.95. The summed E-state index contributed by atoms with van der Waals surface area (Å²) in [5.74, 6) is -0.279. The van der Waals surface area contributed by atoms with E-state index in [2.05, 4.69) is 15.6 Å². The first-order chi connectivity index (χ1) is 18.0. The molecule has 194 valence electrons. The van der Waals surface area contributed by atoms with Crippen LogP contribution in [0.5, 0.6) is 5.75 Å². The Balaban J connectivity index is 1.72. The van der Waals surface area contributed by atoms with Crippen molar-refractivity contribution in [2.45, 2.75) is 31.2 Å². The van der Waals surface area contributed by atoms with Crippen LogP contribution in [0.4, 0.5) is 0 Å². The molecule has 8 heteroatoms. The van der Waals surface area contributed by atoms with Crippen LogP contribution in [0.2, 0.25) is 0 Å². The quantitative estimate of drug-likeness (QED) is 0.162. The fourth-order valence-electron chi connectivity index (χ4n) is 4.09. The summed E-state index contributed by atoms with van der Waals surface area (Å²) in [7, 11) is 1.62. The first kappa shape index (κ1) is 27.3. The van der Waals surface area contributed by atoms with E-state index in [4.69, 9.17) is 16.2 Å². The van der Waals surface area contributed by atoms with E-state index in [-0.39, 0.29) is 17.8 Å². The topological polar surface area (TPSA) is 132 Å². The van der Waals surface area contributed by atoms with Crippen molar-refractivity contribution in [3.05, 3.63) is 102 Å². The van der Waals surface area contributed by atoms with Crippen molar-refractivity contribution in [1.82, 2.24) is 10.6 Å². The molecular formula is C29H35N5O3. The van der Waals surface area contributed by atoms with Crippen molar-refractivity contribution in [3.63, 3.8) is 0 Å². The molecule has 3 aromatic carbocycles. The number of nitrogens with one attached hydrogen (secondary N) is 2. The van der Waals surface area contributed by atoms with E-state index in [1.165, 1.54) is 0 Å². The second kappa shape index (κ2) is 14.3. The number of benzene rings is 3. The lowest BCUT2D eigenvalue weighted by Crippen LogP contribution is -2.48. The van der Waals surface area contributed by atoms with Crippen molar-refractivity contribution in [3.8, 4) is 5.75 Å². The lowest BCUT2D eigenvalue weighted by atomic mass is 9.90. The van der Waals surface area contributed by atoms with Crippen molar-refractivity contribution in [1.29, 1.82) is 0 Å². The Kier molecular flexibility index (Phi) is 10.5. The van der Waals surface area contributed by atoms with E-state index < -0.39 is 12.0 Å². The van der Waals surface area contributed by atoms with E-state index in [9.17, 15) is 9.59 Å². The van der Waals surface area contributed by atoms with Gasteiger partial charge < -0.3 is 26.8 Å². The van der Waals surface area contributed by atoms with Crippen molar-refractivity contribution < 1.29 is 14.3 Å². The summed E-state index contributed by atoms with van der Waals surface area (Å²) >= 11 is 0. The highest BCUT2D eigenvalue weighted by Gasteiger charge is 2.27. The number of methoxy groups -OCH3 is 1. The molecular weight excluding hydrogens is 466 g/mol. The predicted molar refractivity (Wildman–Crippen MR) is 146 cm³/mol. The number of hydrogen-bond donors (Lipinski definition) is 4. The van der Waals surface area contributed by atoms with Crippen LogP contribution in [0.15, 0.2) is 89.9 Å². The number of amides is 2. The third-order valence-electron chi connectivity index (χ3n) is 5.95. The molecule has 1 atom stereocenters. The first-order valence-electron chi connectivity index (χ1n) is 12.3. The molecule has 0 fully saturated rings. The Morgan fingerprint density at radius 2 is 1.54 bits per heavy atom. The molecule has 8 nitrogen and oxygen atoms in total. The molecule has 0 aliphatic heterocycles. The van der Waals surface area contributed by atoms with Gasteiger partial charge in [-0.05, 0) is 48.1 Å². The highest BCUT2D eigenvalue weighted by molar-refractivity contribution is 5.92. The number of guanidine groups is 1. The molecule has 2 amide bonds. The van der Waals surface area contributed by atoms with Gasteiger partial charge in [0.15, 0.2) is 5.96 Å². The summed E-state index contributed by atoms with van der Waals surface area (Å²) in [5.41, 5.74) is 13.6. The molecule has 3 aromatic rings. The average Bonchev–Trinajstić information content (AvgIpc) is 2.91. The summed E-state index contributed by atoms with van der Waals surface area (Å²) in [5, 5.41) is 5.95. The fourth-order valence-corrected chi connectivity index (χ4v) is 4.09. The second-order valence-electron chi connectivity index (χ2n) is 8.66. The van der Waals surface area contributed by atoms with E-state index >= 15 is 0 Å². The zero-order chi connectivity index (χ0) is 26.5. The molecule has 0 unspecified atom stereocenters. The molecule has 0 radical (unpaired) electrons. The number of hydrogen-bond acceptors (Lipinski definition) is 4. The molecule has 3 rings (SSSR count). The highest BCUT2D eigenvalue weighted by atomic mass is 16.5. The van der Waals surface area contributed by atoms with Gasteiger partial charge in [0.2, 0.25) is 11.8 Å². The number of carbonyl (C=O) groups excluding carboxylic acids is 2. The molecule has 0 aromatic heterocycles. The second-order valence-corrected chi connectivity index (χ2v) is 8.66. The van der Waals surface area contributed by atoms with Gasteiger partial charge in [-0.1, -0.05) is 72.8 Å². The number of carbonyl (C=O) groups is 2. The normalized spacial score (nSPS) is 11.4. The van der Waals surface area contributed by atoms with Crippen LogP contribution in [-0.2, 0) is 16.0 Å².